The highest BCUT2D eigenvalue weighted by Gasteiger charge is 2.03. The van der Waals surface area contributed by atoms with Crippen LogP contribution in [0.4, 0.5) is 5.69 Å². The van der Waals surface area contributed by atoms with Crippen molar-refractivity contribution < 1.29 is 13.6 Å². The van der Waals surface area contributed by atoms with Crippen LogP contribution in [0.1, 0.15) is 10.4 Å². The maximum atomic E-state index is 11.4. The number of carbonyl (C=O) groups excluding carboxylic acids is 1. The van der Waals surface area contributed by atoms with E-state index >= 15 is 0 Å². The van der Waals surface area contributed by atoms with E-state index in [9.17, 15) is 13.6 Å². The third-order valence-electron chi connectivity index (χ3n) is 1.70. The molecule has 16 heavy (non-hydrogen) atoms. The molecule has 0 aliphatic rings. The summed E-state index contributed by atoms with van der Waals surface area (Å²) in [5, 5.41) is 2.49. The summed E-state index contributed by atoms with van der Waals surface area (Å²) in [5.74, 6) is 1.98. The maximum Gasteiger partial charge on any atom is 0.252 e. The zero-order valence-electron chi connectivity index (χ0n) is 8.23. The van der Waals surface area contributed by atoms with E-state index < -0.39 is 11.3 Å². The van der Waals surface area contributed by atoms with Crippen molar-refractivity contribution in [2.24, 2.45) is 0 Å². The average Bonchev–Trinajstić information content (AvgIpc) is 2.26. The minimum Gasteiger partial charge on any atom is -0.755 e. The van der Waals surface area contributed by atoms with Gasteiger partial charge in [0.25, 0.3) is 5.91 Å². The molecule has 0 aromatic heterocycles. The molecule has 1 atom stereocenters. The van der Waals surface area contributed by atoms with Crippen LogP contribution in [0.2, 0.25) is 0 Å². The average molecular weight is 237 g/mol. The van der Waals surface area contributed by atoms with Crippen molar-refractivity contribution in [2.75, 3.05) is 11.3 Å². The molecule has 84 valence electrons. The van der Waals surface area contributed by atoms with Gasteiger partial charge in [-0.25, -0.2) is 0 Å². The van der Waals surface area contributed by atoms with Crippen LogP contribution in [-0.4, -0.2) is 21.2 Å². The van der Waals surface area contributed by atoms with Gasteiger partial charge in [-0.3, -0.25) is 9.00 Å². The van der Waals surface area contributed by atoms with Crippen molar-refractivity contribution >= 4 is 22.9 Å². The Balaban J connectivity index is 2.67. The van der Waals surface area contributed by atoms with E-state index in [4.69, 9.17) is 6.42 Å². The lowest BCUT2D eigenvalue weighted by molar-refractivity contribution is 0.0958. The molecule has 0 heterocycles. The number of hydrogen-bond acceptors (Lipinski definition) is 3. The Bertz CT molecular complexity index is 436. The number of amides is 1. The van der Waals surface area contributed by atoms with Crippen molar-refractivity contribution in [3.63, 3.8) is 0 Å². The Morgan fingerprint density at radius 1 is 1.44 bits per heavy atom. The second-order valence-electron chi connectivity index (χ2n) is 2.80. The fourth-order valence-electron chi connectivity index (χ4n) is 1.02. The first-order chi connectivity index (χ1) is 7.63. The molecule has 0 fully saturated rings. The summed E-state index contributed by atoms with van der Waals surface area (Å²) in [6.45, 7) is 0.156. The molecule has 6 heteroatoms. The second-order valence-corrected chi connectivity index (χ2v) is 3.47. The van der Waals surface area contributed by atoms with Crippen LogP contribution >= 0.6 is 0 Å². The molecule has 0 aliphatic heterocycles. The lowest BCUT2D eigenvalue weighted by Gasteiger charge is -2.08. The lowest BCUT2D eigenvalue weighted by atomic mass is 10.2. The number of anilines is 1. The van der Waals surface area contributed by atoms with Crippen LogP contribution < -0.4 is 10.0 Å². The topological polar surface area (TPSA) is 81.3 Å². The van der Waals surface area contributed by atoms with Crippen LogP contribution in [-0.2, 0) is 11.3 Å². The highest BCUT2D eigenvalue weighted by molar-refractivity contribution is 7.80. The second kappa shape index (κ2) is 5.90. The van der Waals surface area contributed by atoms with Gasteiger partial charge < -0.3 is 14.6 Å². The van der Waals surface area contributed by atoms with Gasteiger partial charge in [0.1, 0.15) is 0 Å². The largest absolute Gasteiger partial charge is 0.755 e. The molecule has 2 N–H and O–H groups in total. The molecular weight excluding hydrogens is 228 g/mol. The van der Waals surface area contributed by atoms with Gasteiger partial charge in [0.2, 0.25) is 0 Å². The molecule has 1 aromatic rings. The Labute approximate surface area is 95.7 Å². The minimum atomic E-state index is -2.37. The van der Waals surface area contributed by atoms with Crippen LogP contribution in [0.15, 0.2) is 24.3 Å². The summed E-state index contributed by atoms with van der Waals surface area (Å²) >= 11 is -2.37. The molecule has 0 saturated carbocycles. The van der Waals surface area contributed by atoms with Crippen molar-refractivity contribution in [1.29, 1.82) is 0 Å². The summed E-state index contributed by atoms with van der Waals surface area (Å²) in [7, 11) is 0. The van der Waals surface area contributed by atoms with Crippen molar-refractivity contribution in [2.45, 2.75) is 0 Å². The van der Waals surface area contributed by atoms with Gasteiger partial charge in [0, 0.05) is 22.5 Å². The number of benzene rings is 1. The predicted octanol–water partition coefficient (Wildman–Crippen LogP) is 0.256. The highest BCUT2D eigenvalue weighted by Crippen LogP contribution is 2.09. The van der Waals surface area contributed by atoms with E-state index in [2.05, 4.69) is 16.0 Å². The minimum absolute atomic E-state index is 0.156. The molecule has 1 amide bonds. The third kappa shape index (κ3) is 3.73. The molecule has 0 bridgehead atoms. The predicted molar refractivity (Wildman–Crippen MR) is 60.2 cm³/mol. The van der Waals surface area contributed by atoms with Crippen molar-refractivity contribution in [3.05, 3.63) is 29.8 Å². The Kier molecular flexibility index (Phi) is 4.51. The fourth-order valence-corrected chi connectivity index (χ4v) is 1.35. The summed E-state index contributed by atoms with van der Waals surface area (Å²) in [6.07, 6.45) is 4.99. The Morgan fingerprint density at radius 2 is 2.06 bits per heavy atom. The molecule has 1 aromatic carbocycles. The van der Waals surface area contributed by atoms with E-state index in [1.54, 1.807) is 0 Å². The molecule has 1 rings (SSSR count). The quantitative estimate of drug-likeness (QED) is 0.582. The molecule has 5 nitrogen and oxygen atoms in total. The van der Waals surface area contributed by atoms with Gasteiger partial charge in [-0.2, -0.15) is 0 Å². The van der Waals surface area contributed by atoms with Gasteiger partial charge in [-0.15, -0.1) is 6.42 Å². The molecule has 1 unspecified atom stereocenters. The number of rotatable bonds is 4. The zero-order chi connectivity index (χ0) is 12.0. The van der Waals surface area contributed by atoms with Crippen LogP contribution in [0, 0.1) is 12.3 Å². The number of hydrogen-bond donors (Lipinski definition) is 2. The standard InChI is InChI=1S/C10H10N2O3S/c1-2-7-11-10(13)8-3-5-9(6-4-8)12-16(14)15/h1,3-6,12H,7H2,(H,11,13)(H,14,15)/p-1. The van der Waals surface area contributed by atoms with E-state index in [0.29, 0.717) is 11.3 Å². The van der Waals surface area contributed by atoms with Crippen LogP contribution in [0.25, 0.3) is 0 Å². The summed E-state index contributed by atoms with van der Waals surface area (Å²) in [6, 6.07) is 5.98. The van der Waals surface area contributed by atoms with E-state index in [-0.39, 0.29) is 12.5 Å². The highest BCUT2D eigenvalue weighted by atomic mass is 32.2. The van der Waals surface area contributed by atoms with Crippen molar-refractivity contribution in [1.82, 2.24) is 5.32 Å². The molecular formula is C10H9N2O3S-. The zero-order valence-corrected chi connectivity index (χ0v) is 9.04. The van der Waals surface area contributed by atoms with E-state index in [0.717, 1.165) is 0 Å². The molecule has 0 spiro atoms. The fraction of sp³-hybridized carbons (Fsp3) is 0.100. The van der Waals surface area contributed by atoms with E-state index in [1.165, 1.54) is 24.3 Å². The summed E-state index contributed by atoms with van der Waals surface area (Å²) in [5.41, 5.74) is 0.805. The van der Waals surface area contributed by atoms with Gasteiger partial charge in [-0.1, -0.05) is 5.92 Å². The number of terminal acetylenes is 1. The van der Waals surface area contributed by atoms with Crippen molar-refractivity contribution in [3.8, 4) is 12.3 Å². The third-order valence-corrected chi connectivity index (χ3v) is 2.10. The Hall–Kier alpha value is -1.84. The SMILES string of the molecule is C#CCNC(=O)c1ccc(NS(=O)[O-])cc1. The molecule has 0 aliphatic carbocycles. The first-order valence-electron chi connectivity index (χ1n) is 4.31. The lowest BCUT2D eigenvalue weighted by Crippen LogP contribution is -2.23. The maximum absolute atomic E-state index is 11.4. The van der Waals surface area contributed by atoms with E-state index in [1.807, 2.05) is 0 Å². The smallest absolute Gasteiger partial charge is 0.252 e. The first kappa shape index (κ1) is 12.2. The van der Waals surface area contributed by atoms with Gasteiger partial charge in [-0.05, 0) is 24.3 Å². The monoisotopic (exact) mass is 237 g/mol. The molecule has 0 saturated heterocycles. The Morgan fingerprint density at radius 3 is 2.56 bits per heavy atom. The van der Waals surface area contributed by atoms with Gasteiger partial charge in [0.05, 0.1) is 6.54 Å². The normalized spacial score (nSPS) is 11.2. The summed E-state index contributed by atoms with van der Waals surface area (Å²) in [4.78, 5) is 11.4. The van der Waals surface area contributed by atoms with Gasteiger partial charge >= 0.3 is 0 Å². The number of nitrogens with one attached hydrogen (secondary N) is 2. The van der Waals surface area contributed by atoms with Crippen LogP contribution in [0.3, 0.4) is 0 Å². The van der Waals surface area contributed by atoms with Crippen LogP contribution in [0.5, 0.6) is 0 Å². The number of carbonyl (C=O) groups is 1. The molecule has 0 radical (unpaired) electrons. The summed E-state index contributed by atoms with van der Waals surface area (Å²) < 4.78 is 22.8. The first-order valence-corrected chi connectivity index (χ1v) is 5.38. The van der Waals surface area contributed by atoms with Gasteiger partial charge in [0.15, 0.2) is 0 Å².